The third-order valence-corrected chi connectivity index (χ3v) is 3.48. The van der Waals surface area contributed by atoms with Crippen LogP contribution in [0.4, 0.5) is 5.82 Å². The summed E-state index contributed by atoms with van der Waals surface area (Å²) in [4.78, 5) is 0. The minimum absolute atomic E-state index is 0.193. The summed E-state index contributed by atoms with van der Waals surface area (Å²) < 4.78 is 0. The Morgan fingerprint density at radius 1 is 1.25 bits per heavy atom. The molecule has 1 aromatic heterocycles. The maximum atomic E-state index is 9.91. The van der Waals surface area contributed by atoms with Gasteiger partial charge in [-0.2, -0.15) is 0 Å². The number of hydrogen-bond acceptors (Lipinski definition) is 5. The van der Waals surface area contributed by atoms with Crippen LogP contribution >= 0.6 is 0 Å². The van der Waals surface area contributed by atoms with Gasteiger partial charge in [0.25, 0.3) is 0 Å². The van der Waals surface area contributed by atoms with Gasteiger partial charge in [-0.1, -0.05) is 18.2 Å². The standard InChI is InChI=1S/C15H16N4O/c16-15-12(10-5-7-17-8-6-10)9-13(18-19-15)11-3-1-2-4-14(11)20/h1-5,7,9-10,17,20H,6,8H2,(H2,16,19). The first-order valence-corrected chi connectivity index (χ1v) is 6.57. The summed E-state index contributed by atoms with van der Waals surface area (Å²) in [5.74, 6) is 0.871. The van der Waals surface area contributed by atoms with E-state index >= 15 is 0 Å². The third kappa shape index (κ3) is 2.30. The summed E-state index contributed by atoms with van der Waals surface area (Å²) in [7, 11) is 0. The van der Waals surface area contributed by atoms with E-state index in [2.05, 4.69) is 21.6 Å². The van der Waals surface area contributed by atoms with Crippen LogP contribution < -0.4 is 11.1 Å². The molecule has 4 N–H and O–H groups in total. The van der Waals surface area contributed by atoms with E-state index in [0.29, 0.717) is 17.1 Å². The van der Waals surface area contributed by atoms with E-state index in [1.54, 1.807) is 12.1 Å². The Hall–Kier alpha value is -2.56. The molecule has 0 saturated carbocycles. The molecule has 0 amide bonds. The van der Waals surface area contributed by atoms with Crippen molar-refractivity contribution in [1.82, 2.24) is 15.5 Å². The van der Waals surface area contributed by atoms with E-state index < -0.39 is 0 Å². The molecule has 0 aliphatic carbocycles. The van der Waals surface area contributed by atoms with Crippen molar-refractivity contribution in [3.8, 4) is 17.0 Å². The Balaban J connectivity index is 2.04. The fraction of sp³-hybridized carbons (Fsp3) is 0.200. The predicted molar refractivity (Wildman–Crippen MR) is 78.0 cm³/mol. The topological polar surface area (TPSA) is 84.1 Å². The number of aromatic hydroxyl groups is 1. The van der Waals surface area contributed by atoms with Crippen molar-refractivity contribution in [2.24, 2.45) is 0 Å². The molecule has 2 heterocycles. The second-order valence-electron chi connectivity index (χ2n) is 4.80. The molecule has 5 nitrogen and oxygen atoms in total. The van der Waals surface area contributed by atoms with Crippen molar-refractivity contribution in [2.45, 2.75) is 12.3 Å². The third-order valence-electron chi connectivity index (χ3n) is 3.48. The zero-order chi connectivity index (χ0) is 13.9. The molecule has 0 radical (unpaired) electrons. The molecule has 0 bridgehead atoms. The lowest BCUT2D eigenvalue weighted by atomic mass is 9.93. The number of nitrogens with one attached hydrogen (secondary N) is 1. The normalized spacial score (nSPS) is 17.7. The lowest BCUT2D eigenvalue weighted by Gasteiger charge is -2.19. The highest BCUT2D eigenvalue weighted by Crippen LogP contribution is 2.32. The fourth-order valence-electron chi connectivity index (χ4n) is 2.40. The smallest absolute Gasteiger partial charge is 0.149 e. The summed E-state index contributed by atoms with van der Waals surface area (Å²) in [6.45, 7) is 0.912. The Labute approximate surface area is 117 Å². The maximum absolute atomic E-state index is 9.91. The van der Waals surface area contributed by atoms with Crippen molar-refractivity contribution < 1.29 is 5.11 Å². The van der Waals surface area contributed by atoms with E-state index in [1.165, 1.54) is 0 Å². The molecule has 0 spiro atoms. The van der Waals surface area contributed by atoms with E-state index in [0.717, 1.165) is 18.5 Å². The fourth-order valence-corrected chi connectivity index (χ4v) is 2.40. The van der Waals surface area contributed by atoms with Crippen molar-refractivity contribution in [3.05, 3.63) is 48.2 Å². The van der Waals surface area contributed by atoms with Gasteiger partial charge in [0.05, 0.1) is 5.69 Å². The van der Waals surface area contributed by atoms with Gasteiger partial charge in [-0.15, -0.1) is 10.2 Å². The second kappa shape index (κ2) is 5.21. The van der Waals surface area contributed by atoms with E-state index in [1.807, 2.05) is 24.4 Å². The Kier molecular flexibility index (Phi) is 3.25. The average molecular weight is 268 g/mol. The summed E-state index contributed by atoms with van der Waals surface area (Å²) in [6.07, 6.45) is 4.98. The van der Waals surface area contributed by atoms with Gasteiger partial charge >= 0.3 is 0 Å². The van der Waals surface area contributed by atoms with Crippen LogP contribution in [0.3, 0.4) is 0 Å². The van der Waals surface area contributed by atoms with Gasteiger partial charge in [0.2, 0.25) is 0 Å². The number of phenolic OH excluding ortho intramolecular Hbond substituents is 1. The van der Waals surface area contributed by atoms with E-state index in [4.69, 9.17) is 5.73 Å². The van der Waals surface area contributed by atoms with Crippen molar-refractivity contribution in [2.75, 3.05) is 12.3 Å². The minimum Gasteiger partial charge on any atom is -0.507 e. The van der Waals surface area contributed by atoms with Crippen LogP contribution in [0.1, 0.15) is 17.9 Å². The molecular weight excluding hydrogens is 252 g/mol. The first-order valence-electron chi connectivity index (χ1n) is 6.57. The first kappa shape index (κ1) is 12.5. The quantitative estimate of drug-likeness (QED) is 0.776. The number of rotatable bonds is 2. The lowest BCUT2D eigenvalue weighted by molar-refractivity contribution is 0.477. The van der Waals surface area contributed by atoms with Gasteiger partial charge in [0, 0.05) is 23.6 Å². The largest absolute Gasteiger partial charge is 0.507 e. The van der Waals surface area contributed by atoms with Gasteiger partial charge in [0.15, 0.2) is 0 Å². The van der Waals surface area contributed by atoms with Crippen molar-refractivity contribution in [1.29, 1.82) is 0 Å². The van der Waals surface area contributed by atoms with Gasteiger partial charge in [-0.25, -0.2) is 0 Å². The molecule has 5 heteroatoms. The van der Waals surface area contributed by atoms with Crippen molar-refractivity contribution in [3.63, 3.8) is 0 Å². The number of anilines is 1. The van der Waals surface area contributed by atoms with Gasteiger partial charge < -0.3 is 16.2 Å². The summed E-state index contributed by atoms with van der Waals surface area (Å²) >= 11 is 0. The first-order chi connectivity index (χ1) is 9.75. The number of hydrogen-bond donors (Lipinski definition) is 3. The van der Waals surface area contributed by atoms with E-state index in [9.17, 15) is 5.11 Å². The Morgan fingerprint density at radius 2 is 2.10 bits per heavy atom. The number of aromatic nitrogens is 2. The number of nitrogens with zero attached hydrogens (tertiary/aromatic N) is 2. The average Bonchev–Trinajstić information content (AvgIpc) is 2.49. The maximum Gasteiger partial charge on any atom is 0.149 e. The Morgan fingerprint density at radius 3 is 2.85 bits per heavy atom. The second-order valence-corrected chi connectivity index (χ2v) is 4.80. The van der Waals surface area contributed by atoms with Crippen LogP contribution in [0.25, 0.3) is 11.3 Å². The number of nitrogen functional groups attached to an aromatic ring is 1. The highest BCUT2D eigenvalue weighted by atomic mass is 16.3. The number of nitrogens with two attached hydrogens (primary N) is 1. The SMILES string of the molecule is Nc1nnc(-c2ccccc2O)cc1C1C=CNCC1. The van der Waals surface area contributed by atoms with Gasteiger partial charge in [-0.3, -0.25) is 0 Å². The van der Waals surface area contributed by atoms with Crippen LogP contribution in [0.15, 0.2) is 42.6 Å². The van der Waals surface area contributed by atoms with Crippen LogP contribution in [0.2, 0.25) is 0 Å². The van der Waals surface area contributed by atoms with Crippen LogP contribution in [-0.4, -0.2) is 21.8 Å². The van der Waals surface area contributed by atoms with Crippen LogP contribution in [-0.2, 0) is 0 Å². The molecule has 0 saturated heterocycles. The molecule has 20 heavy (non-hydrogen) atoms. The highest BCUT2D eigenvalue weighted by molar-refractivity contribution is 5.68. The molecule has 2 aromatic rings. The molecular formula is C15H16N4O. The predicted octanol–water partition coefficient (Wildman–Crippen LogP) is 2.02. The summed E-state index contributed by atoms with van der Waals surface area (Å²) in [5, 5.41) is 21.2. The van der Waals surface area contributed by atoms with Gasteiger partial charge in [-0.05, 0) is 30.8 Å². The molecule has 1 atom stereocenters. The monoisotopic (exact) mass is 268 g/mol. The summed E-state index contributed by atoms with van der Waals surface area (Å²) in [5.41, 5.74) is 8.20. The minimum atomic E-state index is 0.193. The number of phenols is 1. The molecule has 1 aliphatic heterocycles. The number of para-hydroxylation sites is 1. The molecule has 1 unspecified atom stereocenters. The van der Waals surface area contributed by atoms with Crippen LogP contribution in [0.5, 0.6) is 5.75 Å². The summed E-state index contributed by atoms with van der Waals surface area (Å²) in [6, 6.07) is 9.00. The molecule has 1 aromatic carbocycles. The van der Waals surface area contributed by atoms with Crippen molar-refractivity contribution >= 4 is 5.82 Å². The number of benzene rings is 1. The zero-order valence-corrected chi connectivity index (χ0v) is 11.0. The lowest BCUT2D eigenvalue weighted by Crippen LogP contribution is -2.17. The number of allylic oxidation sites excluding steroid dienone is 1. The molecule has 3 rings (SSSR count). The van der Waals surface area contributed by atoms with Gasteiger partial charge in [0.1, 0.15) is 11.6 Å². The molecule has 1 aliphatic rings. The van der Waals surface area contributed by atoms with E-state index in [-0.39, 0.29) is 11.7 Å². The molecule has 0 fully saturated rings. The Bertz CT molecular complexity index is 654. The highest BCUT2D eigenvalue weighted by Gasteiger charge is 2.17. The molecule has 102 valence electrons. The zero-order valence-electron chi connectivity index (χ0n) is 11.0. The van der Waals surface area contributed by atoms with Crippen LogP contribution in [0, 0.1) is 0 Å².